The molecule has 0 aromatic heterocycles. The molecule has 2 N–H and O–H groups in total. The Kier molecular flexibility index (Phi) is 1.36. The number of carbonyl (C=O) groups is 2. The quantitative estimate of drug-likeness (QED) is 0.396. The number of aliphatic hydroxyl groups excluding tert-OH is 2. The fraction of sp³-hybridized carbons (Fsp3) is 0.667. The van der Waals surface area contributed by atoms with Gasteiger partial charge < -0.3 is 19.7 Å². The summed E-state index contributed by atoms with van der Waals surface area (Å²) in [6.07, 6.45) is -5.23. The van der Waals surface area contributed by atoms with Gasteiger partial charge in [-0.15, -0.1) is 0 Å². The summed E-state index contributed by atoms with van der Waals surface area (Å²) in [5.74, 6) is -1.74. The predicted octanol–water partition coefficient (Wildman–Crippen LogP) is -2.44. The van der Waals surface area contributed by atoms with Crippen LogP contribution in [0.25, 0.3) is 0 Å². The zero-order valence-electron chi connectivity index (χ0n) is 5.84. The number of fused-ring (bicyclic) bond motifs is 2. The first-order chi connectivity index (χ1) is 5.61. The third-order valence-electron chi connectivity index (χ3n) is 1.93. The Morgan fingerprint density at radius 3 is 2.42 bits per heavy atom. The van der Waals surface area contributed by atoms with Crippen molar-refractivity contribution in [3.63, 3.8) is 0 Å². The van der Waals surface area contributed by atoms with Gasteiger partial charge in [-0.3, -0.25) is 0 Å². The van der Waals surface area contributed by atoms with E-state index in [2.05, 4.69) is 9.47 Å². The number of aliphatic hydroxyl groups is 2. The average Bonchev–Trinajstić information content (AvgIpc) is 2.23. The Bertz CT molecular complexity index is 246. The van der Waals surface area contributed by atoms with Gasteiger partial charge in [-0.25, -0.2) is 9.59 Å². The molecule has 6 heteroatoms. The van der Waals surface area contributed by atoms with Gasteiger partial charge >= 0.3 is 11.9 Å². The summed E-state index contributed by atoms with van der Waals surface area (Å²) in [5, 5.41) is 18.2. The molecule has 0 amide bonds. The monoisotopic (exact) mass is 174 g/mol. The second-order valence-corrected chi connectivity index (χ2v) is 2.69. The summed E-state index contributed by atoms with van der Waals surface area (Å²) in [6, 6.07) is 0. The minimum atomic E-state index is -1.57. The zero-order valence-corrected chi connectivity index (χ0v) is 5.84. The largest absolute Gasteiger partial charge is 0.453 e. The van der Waals surface area contributed by atoms with Gasteiger partial charge in [0.2, 0.25) is 6.10 Å². The molecule has 4 atom stereocenters. The van der Waals surface area contributed by atoms with Gasteiger partial charge in [-0.1, -0.05) is 0 Å². The third kappa shape index (κ3) is 0.759. The van der Waals surface area contributed by atoms with Crippen LogP contribution in [0.15, 0.2) is 0 Å². The van der Waals surface area contributed by atoms with Crippen LogP contribution < -0.4 is 0 Å². The normalized spacial score (nSPS) is 45.5. The lowest BCUT2D eigenvalue weighted by atomic mass is 10.0. The van der Waals surface area contributed by atoms with E-state index < -0.39 is 36.4 Å². The molecule has 0 aliphatic carbocycles. The van der Waals surface area contributed by atoms with Crippen molar-refractivity contribution in [1.29, 1.82) is 0 Å². The van der Waals surface area contributed by atoms with Gasteiger partial charge in [0.25, 0.3) is 0 Å². The Hall–Kier alpha value is -1.14. The summed E-state index contributed by atoms with van der Waals surface area (Å²) >= 11 is 0. The maximum atomic E-state index is 10.8. The van der Waals surface area contributed by atoms with Gasteiger partial charge in [-0.2, -0.15) is 0 Å². The molecule has 0 unspecified atom stereocenters. The van der Waals surface area contributed by atoms with Crippen LogP contribution in [0.3, 0.4) is 0 Å². The van der Waals surface area contributed by atoms with Crippen molar-refractivity contribution in [1.82, 2.24) is 0 Å². The van der Waals surface area contributed by atoms with E-state index in [-0.39, 0.29) is 0 Å². The molecule has 2 heterocycles. The summed E-state index contributed by atoms with van der Waals surface area (Å²) in [4.78, 5) is 21.5. The number of carbonyl (C=O) groups excluding carboxylic acids is 2. The standard InChI is InChI=1S/C6H6O6/c7-1-3-2(8)5(9)12-4(1)6(10)11-3/h1-4,7-8H/t1-,2+,3-,4-/m0/s1. The molecule has 0 aromatic rings. The van der Waals surface area contributed by atoms with E-state index in [9.17, 15) is 14.7 Å². The van der Waals surface area contributed by atoms with Crippen molar-refractivity contribution in [2.75, 3.05) is 0 Å². The molecule has 0 aromatic carbocycles. The van der Waals surface area contributed by atoms with Crippen LogP contribution >= 0.6 is 0 Å². The van der Waals surface area contributed by atoms with Crippen LogP contribution in [-0.2, 0) is 19.1 Å². The van der Waals surface area contributed by atoms with Crippen LogP contribution in [0, 0.1) is 0 Å². The summed E-state index contributed by atoms with van der Waals surface area (Å²) in [6.45, 7) is 0. The molecule has 2 aliphatic rings. The Labute approximate surface area is 66.7 Å². The van der Waals surface area contributed by atoms with Gasteiger partial charge in [0.1, 0.15) is 6.10 Å². The van der Waals surface area contributed by atoms with Crippen LogP contribution in [0.2, 0.25) is 0 Å². The second-order valence-electron chi connectivity index (χ2n) is 2.69. The van der Waals surface area contributed by atoms with E-state index in [1.807, 2.05) is 0 Å². The van der Waals surface area contributed by atoms with Gasteiger partial charge in [-0.05, 0) is 0 Å². The fourth-order valence-corrected chi connectivity index (χ4v) is 1.28. The van der Waals surface area contributed by atoms with E-state index in [0.29, 0.717) is 0 Å². The number of ether oxygens (including phenoxy) is 2. The topological polar surface area (TPSA) is 93.1 Å². The van der Waals surface area contributed by atoms with Gasteiger partial charge in [0, 0.05) is 0 Å². The second kappa shape index (κ2) is 2.18. The minimum Gasteiger partial charge on any atom is -0.453 e. The van der Waals surface area contributed by atoms with E-state index in [4.69, 9.17) is 5.11 Å². The van der Waals surface area contributed by atoms with Crippen molar-refractivity contribution in [2.45, 2.75) is 24.4 Å². The number of rotatable bonds is 0. The van der Waals surface area contributed by atoms with E-state index in [1.54, 1.807) is 0 Å². The molecule has 0 saturated carbocycles. The molecule has 66 valence electrons. The molecular weight excluding hydrogens is 168 g/mol. The number of esters is 2. The number of hydrogen-bond acceptors (Lipinski definition) is 6. The zero-order chi connectivity index (χ0) is 8.88. The first kappa shape index (κ1) is 7.51. The lowest BCUT2D eigenvalue weighted by molar-refractivity contribution is -0.179. The molecule has 2 bridgehead atoms. The van der Waals surface area contributed by atoms with Crippen molar-refractivity contribution in [2.24, 2.45) is 0 Å². The molecule has 0 radical (unpaired) electrons. The Morgan fingerprint density at radius 2 is 1.75 bits per heavy atom. The van der Waals surface area contributed by atoms with Crippen molar-refractivity contribution in [3.05, 3.63) is 0 Å². The lowest BCUT2D eigenvalue weighted by Crippen LogP contribution is -2.50. The van der Waals surface area contributed by atoms with E-state index >= 15 is 0 Å². The highest BCUT2D eigenvalue weighted by Gasteiger charge is 2.56. The van der Waals surface area contributed by atoms with Crippen LogP contribution in [0.4, 0.5) is 0 Å². The average molecular weight is 174 g/mol. The van der Waals surface area contributed by atoms with Crippen LogP contribution in [0.5, 0.6) is 0 Å². The molecule has 2 aliphatic heterocycles. The highest BCUT2D eigenvalue weighted by Crippen LogP contribution is 2.27. The van der Waals surface area contributed by atoms with Crippen LogP contribution in [0.1, 0.15) is 0 Å². The predicted molar refractivity (Wildman–Crippen MR) is 31.8 cm³/mol. The lowest BCUT2D eigenvalue weighted by Gasteiger charge is -2.24. The highest BCUT2D eigenvalue weighted by molar-refractivity contribution is 5.87. The Balaban J connectivity index is 2.31. The first-order valence-corrected chi connectivity index (χ1v) is 3.38. The molecular formula is C6H6O6. The highest BCUT2D eigenvalue weighted by atomic mass is 16.7. The maximum absolute atomic E-state index is 10.8. The first-order valence-electron chi connectivity index (χ1n) is 3.38. The van der Waals surface area contributed by atoms with E-state index in [0.717, 1.165) is 0 Å². The molecule has 2 rings (SSSR count). The van der Waals surface area contributed by atoms with Crippen molar-refractivity contribution in [3.8, 4) is 0 Å². The molecule has 2 saturated heterocycles. The SMILES string of the molecule is O=C1O[C@H]2[C@H](O)[C@@H]1OC(=O)[C@@H]2O. The Morgan fingerprint density at radius 1 is 1.08 bits per heavy atom. The van der Waals surface area contributed by atoms with Crippen molar-refractivity contribution >= 4 is 11.9 Å². The maximum Gasteiger partial charge on any atom is 0.350 e. The van der Waals surface area contributed by atoms with Crippen LogP contribution in [-0.4, -0.2) is 46.6 Å². The number of hydrogen-bond donors (Lipinski definition) is 2. The van der Waals surface area contributed by atoms with Crippen molar-refractivity contribution < 1.29 is 29.3 Å². The van der Waals surface area contributed by atoms with Gasteiger partial charge in [0.15, 0.2) is 12.2 Å². The smallest absolute Gasteiger partial charge is 0.350 e. The minimum absolute atomic E-state index is 0.808. The van der Waals surface area contributed by atoms with E-state index in [1.165, 1.54) is 0 Å². The summed E-state index contributed by atoms with van der Waals surface area (Å²) < 4.78 is 8.90. The third-order valence-corrected chi connectivity index (χ3v) is 1.93. The molecule has 12 heavy (non-hydrogen) atoms. The molecule has 6 nitrogen and oxygen atoms in total. The fourth-order valence-electron chi connectivity index (χ4n) is 1.28. The summed E-state index contributed by atoms with van der Waals surface area (Å²) in [5.41, 5.74) is 0. The summed E-state index contributed by atoms with van der Waals surface area (Å²) in [7, 11) is 0. The molecule has 2 fully saturated rings. The van der Waals surface area contributed by atoms with Gasteiger partial charge in [0.05, 0.1) is 0 Å². The molecule has 0 spiro atoms.